The van der Waals surface area contributed by atoms with Crippen molar-refractivity contribution in [2.45, 2.75) is 24.2 Å². The number of rotatable bonds is 8. The summed E-state index contributed by atoms with van der Waals surface area (Å²) in [7, 11) is -2.37. The molecule has 1 fully saturated rings. The lowest BCUT2D eigenvalue weighted by Gasteiger charge is -2.15. The standard InChI is InChI=1S/C24H25N3O6S/c1-33-18-11-9-16(10-12-18)26-34(31,32)19-6-4-5-17(15-19)25-22(28)13-14-27-23(29)20-7-2-3-8-21(20)24(27)30/h2-6,9-12,15,20-21,26H,7-8,13-14H2,1H3,(H,25,28)/t20-,21+. The normalized spacial score (nSPS) is 19.6. The van der Waals surface area contributed by atoms with Gasteiger partial charge in [-0.15, -0.1) is 0 Å². The number of imide groups is 1. The molecule has 3 amide bonds. The van der Waals surface area contributed by atoms with E-state index < -0.39 is 15.9 Å². The van der Waals surface area contributed by atoms with Crippen LogP contribution in [0.25, 0.3) is 0 Å². The van der Waals surface area contributed by atoms with Crippen molar-refractivity contribution in [1.82, 2.24) is 4.90 Å². The Morgan fingerprint density at radius 2 is 1.65 bits per heavy atom. The third-order valence-electron chi connectivity index (χ3n) is 5.93. The molecule has 2 aromatic rings. The van der Waals surface area contributed by atoms with Gasteiger partial charge in [-0.2, -0.15) is 0 Å². The van der Waals surface area contributed by atoms with Crippen LogP contribution in [0.3, 0.4) is 0 Å². The Morgan fingerprint density at radius 3 is 2.26 bits per heavy atom. The number of sulfonamides is 1. The lowest BCUT2D eigenvalue weighted by atomic mass is 9.85. The molecular weight excluding hydrogens is 458 g/mol. The second-order valence-electron chi connectivity index (χ2n) is 8.14. The molecule has 10 heteroatoms. The van der Waals surface area contributed by atoms with E-state index in [-0.39, 0.29) is 41.5 Å². The van der Waals surface area contributed by atoms with Crippen molar-refractivity contribution in [2.75, 3.05) is 23.7 Å². The zero-order chi connectivity index (χ0) is 24.3. The Morgan fingerprint density at radius 1 is 1.00 bits per heavy atom. The van der Waals surface area contributed by atoms with Crippen molar-refractivity contribution in [3.8, 4) is 5.75 Å². The predicted molar refractivity (Wildman–Crippen MR) is 126 cm³/mol. The molecule has 0 saturated carbocycles. The van der Waals surface area contributed by atoms with E-state index in [0.717, 1.165) is 0 Å². The van der Waals surface area contributed by atoms with Crippen LogP contribution in [0.1, 0.15) is 19.3 Å². The highest BCUT2D eigenvalue weighted by Gasteiger charge is 2.46. The van der Waals surface area contributed by atoms with Gasteiger partial charge in [0.25, 0.3) is 10.0 Å². The molecule has 2 aliphatic rings. The number of carbonyl (C=O) groups excluding carboxylic acids is 3. The molecule has 178 valence electrons. The Hall–Kier alpha value is -3.66. The molecule has 0 bridgehead atoms. The number of methoxy groups -OCH3 is 1. The molecule has 0 aromatic heterocycles. The number of carbonyl (C=O) groups is 3. The quantitative estimate of drug-likeness (QED) is 0.440. The van der Waals surface area contributed by atoms with E-state index in [9.17, 15) is 22.8 Å². The third kappa shape index (κ3) is 4.96. The van der Waals surface area contributed by atoms with Crippen molar-refractivity contribution in [2.24, 2.45) is 11.8 Å². The number of amides is 3. The fourth-order valence-corrected chi connectivity index (χ4v) is 5.24. The molecule has 1 aliphatic carbocycles. The number of fused-ring (bicyclic) bond motifs is 1. The number of nitrogens with one attached hydrogen (secondary N) is 2. The molecular formula is C24H25N3O6S. The largest absolute Gasteiger partial charge is 0.497 e. The monoisotopic (exact) mass is 483 g/mol. The van der Waals surface area contributed by atoms with E-state index in [1.54, 1.807) is 30.3 Å². The minimum atomic E-state index is -3.89. The maximum atomic E-state index is 12.7. The summed E-state index contributed by atoms with van der Waals surface area (Å²) in [5, 5.41) is 2.64. The lowest BCUT2D eigenvalue weighted by molar-refractivity contribution is -0.140. The fraction of sp³-hybridized carbons (Fsp3) is 0.292. The van der Waals surface area contributed by atoms with E-state index >= 15 is 0 Å². The number of likely N-dealkylation sites (tertiary alicyclic amines) is 1. The number of benzene rings is 2. The van der Waals surface area contributed by atoms with Crippen molar-refractivity contribution in [1.29, 1.82) is 0 Å². The average Bonchev–Trinajstić information content (AvgIpc) is 3.08. The summed E-state index contributed by atoms with van der Waals surface area (Å²) >= 11 is 0. The van der Waals surface area contributed by atoms with Crippen LogP contribution in [0.2, 0.25) is 0 Å². The van der Waals surface area contributed by atoms with Gasteiger partial charge in [0, 0.05) is 24.3 Å². The van der Waals surface area contributed by atoms with E-state index in [1.807, 2.05) is 12.2 Å². The van der Waals surface area contributed by atoms with Crippen LogP contribution in [0.15, 0.2) is 65.6 Å². The lowest BCUT2D eigenvalue weighted by Crippen LogP contribution is -2.34. The van der Waals surface area contributed by atoms with Crippen molar-refractivity contribution in [3.63, 3.8) is 0 Å². The molecule has 0 unspecified atom stereocenters. The molecule has 1 aliphatic heterocycles. The van der Waals surface area contributed by atoms with Crippen LogP contribution >= 0.6 is 0 Å². The first kappa shape index (κ1) is 23.5. The molecule has 34 heavy (non-hydrogen) atoms. The molecule has 2 N–H and O–H groups in total. The number of allylic oxidation sites excluding steroid dienone is 2. The summed E-state index contributed by atoms with van der Waals surface area (Å²) in [5.74, 6) is -0.956. The van der Waals surface area contributed by atoms with Crippen LogP contribution in [0, 0.1) is 11.8 Å². The summed E-state index contributed by atoms with van der Waals surface area (Å²) in [5.41, 5.74) is 0.658. The first-order valence-electron chi connectivity index (χ1n) is 10.9. The smallest absolute Gasteiger partial charge is 0.261 e. The average molecular weight is 484 g/mol. The van der Waals surface area contributed by atoms with Gasteiger partial charge in [-0.1, -0.05) is 18.2 Å². The summed E-state index contributed by atoms with van der Waals surface area (Å²) in [6.45, 7) is -0.00643. The van der Waals surface area contributed by atoms with Gasteiger partial charge in [0.05, 0.1) is 23.8 Å². The fourth-order valence-electron chi connectivity index (χ4n) is 4.14. The molecule has 9 nitrogen and oxygen atoms in total. The molecule has 4 rings (SSSR count). The Labute approximate surface area is 197 Å². The SMILES string of the molecule is COc1ccc(NS(=O)(=O)c2cccc(NC(=O)CCN3C(=O)[C@H]4CC=CC[C@H]4C3=O)c2)cc1. The van der Waals surface area contributed by atoms with Crippen molar-refractivity contribution >= 4 is 39.1 Å². The first-order valence-corrected chi connectivity index (χ1v) is 12.3. The second-order valence-corrected chi connectivity index (χ2v) is 9.83. The van der Waals surface area contributed by atoms with Crippen molar-refractivity contribution < 1.29 is 27.5 Å². The van der Waals surface area contributed by atoms with Gasteiger partial charge in [-0.05, 0) is 55.3 Å². The predicted octanol–water partition coefficient (Wildman–Crippen LogP) is 2.78. The molecule has 2 atom stereocenters. The number of anilines is 2. The Kier molecular flexibility index (Phi) is 6.69. The maximum absolute atomic E-state index is 12.7. The molecule has 2 aromatic carbocycles. The minimum absolute atomic E-state index is 0.00643. The van der Waals surface area contributed by atoms with Crippen LogP contribution in [0.5, 0.6) is 5.75 Å². The highest BCUT2D eigenvalue weighted by atomic mass is 32.2. The number of hydrogen-bond donors (Lipinski definition) is 2. The van der Waals surface area contributed by atoms with Gasteiger partial charge < -0.3 is 10.1 Å². The Balaban J connectivity index is 1.36. The molecule has 0 spiro atoms. The van der Waals surface area contributed by atoms with Crippen LogP contribution in [-0.4, -0.2) is 44.7 Å². The number of hydrogen-bond acceptors (Lipinski definition) is 6. The topological polar surface area (TPSA) is 122 Å². The zero-order valence-corrected chi connectivity index (χ0v) is 19.4. The highest BCUT2D eigenvalue weighted by molar-refractivity contribution is 7.92. The van der Waals surface area contributed by atoms with Gasteiger partial charge in [0.2, 0.25) is 17.7 Å². The minimum Gasteiger partial charge on any atom is -0.497 e. The summed E-state index contributed by atoms with van der Waals surface area (Å²) < 4.78 is 33.0. The second kappa shape index (κ2) is 9.68. The highest BCUT2D eigenvalue weighted by Crippen LogP contribution is 2.35. The summed E-state index contributed by atoms with van der Waals surface area (Å²) in [4.78, 5) is 38.6. The van der Waals surface area contributed by atoms with E-state index in [2.05, 4.69) is 10.0 Å². The van der Waals surface area contributed by atoms with Crippen LogP contribution in [0.4, 0.5) is 11.4 Å². The van der Waals surface area contributed by atoms with E-state index in [1.165, 1.54) is 30.2 Å². The van der Waals surface area contributed by atoms with Gasteiger partial charge >= 0.3 is 0 Å². The van der Waals surface area contributed by atoms with Gasteiger partial charge in [0.15, 0.2) is 0 Å². The molecule has 0 radical (unpaired) electrons. The van der Waals surface area contributed by atoms with Gasteiger partial charge in [-0.3, -0.25) is 24.0 Å². The molecule has 1 saturated heterocycles. The third-order valence-corrected chi connectivity index (χ3v) is 7.31. The van der Waals surface area contributed by atoms with E-state index in [4.69, 9.17) is 4.74 Å². The van der Waals surface area contributed by atoms with Crippen LogP contribution in [-0.2, 0) is 24.4 Å². The summed E-state index contributed by atoms with van der Waals surface area (Å²) in [6.07, 6.45) is 4.83. The summed E-state index contributed by atoms with van der Waals surface area (Å²) in [6, 6.07) is 12.3. The van der Waals surface area contributed by atoms with Crippen molar-refractivity contribution in [3.05, 3.63) is 60.7 Å². The van der Waals surface area contributed by atoms with Gasteiger partial charge in [0.1, 0.15) is 5.75 Å². The number of ether oxygens (including phenoxy) is 1. The number of nitrogens with zero attached hydrogens (tertiary/aromatic N) is 1. The van der Waals surface area contributed by atoms with Gasteiger partial charge in [-0.25, -0.2) is 8.42 Å². The van der Waals surface area contributed by atoms with Crippen LogP contribution < -0.4 is 14.8 Å². The van der Waals surface area contributed by atoms with E-state index in [0.29, 0.717) is 30.0 Å². The maximum Gasteiger partial charge on any atom is 0.261 e. The molecule has 1 heterocycles. The zero-order valence-electron chi connectivity index (χ0n) is 18.6. The Bertz CT molecular complexity index is 1210. The first-order chi connectivity index (χ1) is 16.3.